The summed E-state index contributed by atoms with van der Waals surface area (Å²) < 4.78 is 13.0. The predicted octanol–water partition coefficient (Wildman–Crippen LogP) is 4.32. The topological polar surface area (TPSA) is 57.8 Å². The highest BCUT2D eigenvalue weighted by molar-refractivity contribution is 8.00. The van der Waals surface area contributed by atoms with Crippen LogP contribution in [-0.4, -0.2) is 21.1 Å². The molecule has 0 radical (unpaired) electrons. The summed E-state index contributed by atoms with van der Waals surface area (Å²) in [6.45, 7) is 4.38. The molecule has 1 atom stereocenters. The van der Waals surface area contributed by atoms with Gasteiger partial charge in [-0.15, -0.1) is 0 Å². The number of imidazole rings is 1. The normalized spacial score (nSPS) is 12.0. The van der Waals surface area contributed by atoms with Gasteiger partial charge in [-0.25, -0.2) is 9.37 Å². The lowest BCUT2D eigenvalue weighted by Crippen LogP contribution is -2.30. The number of aryl methyl sites for hydroxylation is 1. The molecule has 0 saturated heterocycles. The number of aromatic nitrogens is 2. The number of thioether (sulfide) groups is 1. The van der Waals surface area contributed by atoms with E-state index in [4.69, 9.17) is 0 Å². The monoisotopic (exact) mass is 369 g/mol. The first kappa shape index (κ1) is 18.2. The Morgan fingerprint density at radius 1 is 1.19 bits per heavy atom. The number of hydrogen-bond donors (Lipinski definition) is 2. The maximum Gasteiger partial charge on any atom is 0.233 e. The van der Waals surface area contributed by atoms with Crippen molar-refractivity contribution in [3.05, 3.63) is 71.7 Å². The van der Waals surface area contributed by atoms with Crippen LogP contribution < -0.4 is 5.32 Å². The van der Waals surface area contributed by atoms with Crippen LogP contribution in [-0.2, 0) is 11.3 Å². The maximum atomic E-state index is 13.0. The third-order valence-electron chi connectivity index (χ3n) is 3.95. The first-order valence-electron chi connectivity index (χ1n) is 8.32. The molecule has 1 aromatic heterocycles. The quantitative estimate of drug-likeness (QED) is 0.636. The van der Waals surface area contributed by atoms with E-state index in [-0.39, 0.29) is 17.0 Å². The van der Waals surface area contributed by atoms with E-state index in [0.717, 1.165) is 16.8 Å². The number of nitrogens with zero attached hydrogens (tertiary/aromatic N) is 1. The summed E-state index contributed by atoms with van der Waals surface area (Å²) in [7, 11) is 0. The largest absolute Gasteiger partial charge is 0.351 e. The molecule has 134 valence electrons. The molecule has 6 heteroatoms. The lowest BCUT2D eigenvalue weighted by molar-refractivity contribution is -0.120. The van der Waals surface area contributed by atoms with Gasteiger partial charge in [0.1, 0.15) is 5.82 Å². The fraction of sp³-hybridized carbons (Fsp3) is 0.200. The van der Waals surface area contributed by atoms with E-state index in [1.807, 2.05) is 38.1 Å². The maximum absolute atomic E-state index is 13.0. The minimum Gasteiger partial charge on any atom is -0.351 e. The van der Waals surface area contributed by atoms with Crippen LogP contribution in [0.2, 0.25) is 0 Å². The third-order valence-corrected chi connectivity index (χ3v) is 4.95. The average Bonchev–Trinajstić information content (AvgIpc) is 3.10. The molecule has 0 spiro atoms. The van der Waals surface area contributed by atoms with Crippen LogP contribution in [0.15, 0.2) is 59.9 Å². The molecular weight excluding hydrogens is 349 g/mol. The number of hydrogen-bond acceptors (Lipinski definition) is 3. The Balaban J connectivity index is 1.55. The minimum atomic E-state index is -0.285. The number of H-pyrrole nitrogens is 1. The Hall–Kier alpha value is -2.60. The lowest BCUT2D eigenvalue weighted by Gasteiger charge is -2.10. The van der Waals surface area contributed by atoms with Crippen molar-refractivity contribution >= 4 is 17.7 Å². The van der Waals surface area contributed by atoms with Gasteiger partial charge in [0.05, 0.1) is 17.1 Å². The molecule has 0 aliphatic rings. The number of carbonyl (C=O) groups is 1. The van der Waals surface area contributed by atoms with Gasteiger partial charge in [-0.3, -0.25) is 4.79 Å². The number of benzene rings is 2. The van der Waals surface area contributed by atoms with E-state index in [1.165, 1.54) is 29.5 Å². The number of nitrogens with one attached hydrogen (secondary N) is 2. The van der Waals surface area contributed by atoms with E-state index in [0.29, 0.717) is 11.7 Å². The van der Waals surface area contributed by atoms with Gasteiger partial charge in [0.15, 0.2) is 5.16 Å². The first-order chi connectivity index (χ1) is 12.5. The summed E-state index contributed by atoms with van der Waals surface area (Å²) in [6, 6.07) is 14.3. The highest BCUT2D eigenvalue weighted by Gasteiger charge is 2.16. The molecular formula is C20H20FN3OS. The molecule has 0 aliphatic heterocycles. The van der Waals surface area contributed by atoms with E-state index in [9.17, 15) is 9.18 Å². The molecule has 26 heavy (non-hydrogen) atoms. The number of halogens is 1. The number of carbonyl (C=O) groups excluding carboxylic acids is 1. The zero-order valence-electron chi connectivity index (χ0n) is 14.6. The summed E-state index contributed by atoms with van der Waals surface area (Å²) in [5.41, 5.74) is 3.90. The summed E-state index contributed by atoms with van der Waals surface area (Å²) in [5, 5.41) is 3.31. The van der Waals surface area contributed by atoms with Crippen LogP contribution in [0.5, 0.6) is 0 Å². The third kappa shape index (κ3) is 4.73. The lowest BCUT2D eigenvalue weighted by atomic mass is 10.1. The van der Waals surface area contributed by atoms with Crippen molar-refractivity contribution < 1.29 is 9.18 Å². The molecule has 1 amide bonds. The SMILES string of the molecule is Cc1ccc(CNC(=O)C(C)Sc2ncc(-c3ccc(F)cc3)[nH]2)cc1. The Bertz CT molecular complexity index is 875. The van der Waals surface area contributed by atoms with E-state index in [1.54, 1.807) is 18.3 Å². The standard InChI is InChI=1S/C20H20FN3OS/c1-13-3-5-15(6-4-13)11-22-19(25)14(2)26-20-23-12-18(24-20)16-7-9-17(21)10-8-16/h3-10,12,14H,11H2,1-2H3,(H,22,25)(H,23,24). The van der Waals surface area contributed by atoms with Gasteiger partial charge in [0.2, 0.25) is 5.91 Å². The van der Waals surface area contributed by atoms with Crippen LogP contribution in [0.1, 0.15) is 18.1 Å². The van der Waals surface area contributed by atoms with Gasteiger partial charge >= 0.3 is 0 Å². The highest BCUT2D eigenvalue weighted by atomic mass is 32.2. The van der Waals surface area contributed by atoms with Crippen molar-refractivity contribution in [3.8, 4) is 11.3 Å². The second-order valence-electron chi connectivity index (χ2n) is 6.07. The zero-order valence-corrected chi connectivity index (χ0v) is 15.4. The summed E-state index contributed by atoms with van der Waals surface area (Å²) >= 11 is 1.36. The van der Waals surface area contributed by atoms with Crippen LogP contribution in [0.4, 0.5) is 4.39 Å². The van der Waals surface area contributed by atoms with E-state index >= 15 is 0 Å². The van der Waals surface area contributed by atoms with Crippen molar-refractivity contribution in [3.63, 3.8) is 0 Å². The predicted molar refractivity (Wildman–Crippen MR) is 102 cm³/mol. The van der Waals surface area contributed by atoms with Crippen LogP contribution in [0.25, 0.3) is 11.3 Å². The van der Waals surface area contributed by atoms with E-state index in [2.05, 4.69) is 15.3 Å². The van der Waals surface area contributed by atoms with Crippen molar-refractivity contribution in [2.75, 3.05) is 0 Å². The van der Waals surface area contributed by atoms with Gasteiger partial charge in [-0.2, -0.15) is 0 Å². The molecule has 2 N–H and O–H groups in total. The number of amides is 1. The molecule has 0 bridgehead atoms. The molecule has 3 rings (SSSR count). The van der Waals surface area contributed by atoms with Crippen molar-refractivity contribution in [2.45, 2.75) is 30.8 Å². The van der Waals surface area contributed by atoms with Gasteiger partial charge < -0.3 is 10.3 Å². The number of rotatable bonds is 6. The van der Waals surface area contributed by atoms with Crippen molar-refractivity contribution in [2.24, 2.45) is 0 Å². The second-order valence-corrected chi connectivity index (χ2v) is 7.40. The minimum absolute atomic E-state index is 0.0460. The molecule has 0 aliphatic carbocycles. The number of aromatic amines is 1. The highest BCUT2D eigenvalue weighted by Crippen LogP contribution is 2.24. The van der Waals surface area contributed by atoms with Crippen LogP contribution in [0.3, 0.4) is 0 Å². The molecule has 0 fully saturated rings. The van der Waals surface area contributed by atoms with E-state index < -0.39 is 0 Å². The molecule has 1 unspecified atom stereocenters. The summed E-state index contributed by atoms with van der Waals surface area (Å²) in [5.74, 6) is -0.322. The Labute approximate surface area is 156 Å². The Kier molecular flexibility index (Phi) is 5.73. The van der Waals surface area contributed by atoms with Crippen molar-refractivity contribution in [1.29, 1.82) is 0 Å². The average molecular weight is 369 g/mol. The summed E-state index contributed by atoms with van der Waals surface area (Å²) in [4.78, 5) is 19.7. The Morgan fingerprint density at radius 3 is 2.58 bits per heavy atom. The fourth-order valence-electron chi connectivity index (χ4n) is 2.40. The first-order valence-corrected chi connectivity index (χ1v) is 9.20. The van der Waals surface area contributed by atoms with Crippen LogP contribution in [0, 0.1) is 12.7 Å². The molecule has 2 aromatic carbocycles. The van der Waals surface area contributed by atoms with Gasteiger partial charge in [-0.05, 0) is 49.2 Å². The van der Waals surface area contributed by atoms with Crippen LogP contribution >= 0.6 is 11.8 Å². The molecule has 0 saturated carbocycles. The fourth-order valence-corrected chi connectivity index (χ4v) is 3.21. The van der Waals surface area contributed by atoms with Gasteiger partial charge in [0, 0.05) is 6.54 Å². The summed E-state index contributed by atoms with van der Waals surface area (Å²) in [6.07, 6.45) is 1.69. The Morgan fingerprint density at radius 2 is 1.88 bits per heavy atom. The smallest absolute Gasteiger partial charge is 0.233 e. The second kappa shape index (κ2) is 8.19. The zero-order chi connectivity index (χ0) is 18.5. The molecule has 3 aromatic rings. The van der Waals surface area contributed by atoms with Crippen molar-refractivity contribution in [1.82, 2.24) is 15.3 Å². The molecule has 1 heterocycles. The van der Waals surface area contributed by atoms with Gasteiger partial charge in [-0.1, -0.05) is 41.6 Å². The molecule has 4 nitrogen and oxygen atoms in total. The van der Waals surface area contributed by atoms with Gasteiger partial charge in [0.25, 0.3) is 0 Å².